The third-order valence-electron chi connectivity index (χ3n) is 6.12. The van der Waals surface area contributed by atoms with Crippen LogP contribution in [0.3, 0.4) is 0 Å². The number of pyridine rings is 1. The Hall–Kier alpha value is -3.09. The Morgan fingerprint density at radius 1 is 1.06 bits per heavy atom. The number of nitrogens with one attached hydrogen (secondary N) is 1. The van der Waals surface area contributed by atoms with E-state index in [1.54, 1.807) is 0 Å². The molecule has 0 spiro atoms. The molecule has 1 saturated carbocycles. The molecule has 1 aromatic heterocycles. The third kappa shape index (κ3) is 3.73. The Balaban J connectivity index is 1.39. The fourth-order valence-corrected chi connectivity index (χ4v) is 4.00. The SMILES string of the molecule is O=C(Nc1ccc(F)cc1)C1(c2ccc(-c3ccc(C4CC4)nc3CO)cc2)COC1. The van der Waals surface area contributed by atoms with Crippen LogP contribution in [-0.2, 0) is 21.6 Å². The normalized spacial score (nSPS) is 17.1. The molecule has 0 radical (unpaired) electrons. The number of benzene rings is 2. The molecule has 5 nitrogen and oxygen atoms in total. The smallest absolute Gasteiger partial charge is 0.239 e. The number of hydrogen-bond donors (Lipinski definition) is 2. The van der Waals surface area contributed by atoms with E-state index < -0.39 is 5.41 Å². The van der Waals surface area contributed by atoms with Gasteiger partial charge in [0.15, 0.2) is 0 Å². The number of amides is 1. The van der Waals surface area contributed by atoms with E-state index in [-0.39, 0.29) is 18.3 Å². The molecule has 2 heterocycles. The molecular weight excluding hydrogens is 395 g/mol. The summed E-state index contributed by atoms with van der Waals surface area (Å²) >= 11 is 0. The van der Waals surface area contributed by atoms with E-state index in [0.717, 1.165) is 35.2 Å². The fourth-order valence-electron chi connectivity index (χ4n) is 4.00. The maximum atomic E-state index is 13.1. The van der Waals surface area contributed by atoms with Crippen molar-refractivity contribution >= 4 is 11.6 Å². The molecule has 2 aliphatic rings. The molecule has 2 aromatic carbocycles. The average molecular weight is 418 g/mol. The summed E-state index contributed by atoms with van der Waals surface area (Å²) in [5.41, 5.74) is 4.19. The van der Waals surface area contributed by atoms with Crippen LogP contribution in [0.15, 0.2) is 60.7 Å². The molecule has 1 saturated heterocycles. The van der Waals surface area contributed by atoms with Gasteiger partial charge in [0.1, 0.15) is 11.2 Å². The maximum Gasteiger partial charge on any atom is 0.239 e. The minimum Gasteiger partial charge on any atom is -0.390 e. The van der Waals surface area contributed by atoms with Crippen LogP contribution in [0.4, 0.5) is 10.1 Å². The number of hydrogen-bond acceptors (Lipinski definition) is 4. The number of aliphatic hydroxyl groups is 1. The Bertz CT molecular complexity index is 1100. The molecule has 2 N–H and O–H groups in total. The second-order valence-corrected chi connectivity index (χ2v) is 8.28. The average Bonchev–Trinajstić information content (AvgIpc) is 3.60. The minimum absolute atomic E-state index is 0.116. The van der Waals surface area contributed by atoms with Gasteiger partial charge in [0, 0.05) is 22.9 Å². The first-order valence-corrected chi connectivity index (χ1v) is 10.5. The van der Waals surface area contributed by atoms with E-state index in [0.29, 0.717) is 30.5 Å². The van der Waals surface area contributed by atoms with E-state index in [1.807, 2.05) is 36.4 Å². The summed E-state index contributed by atoms with van der Waals surface area (Å²) in [6.07, 6.45) is 2.33. The van der Waals surface area contributed by atoms with E-state index in [1.165, 1.54) is 24.3 Å². The number of nitrogens with zero attached hydrogens (tertiary/aromatic N) is 1. The first-order valence-electron chi connectivity index (χ1n) is 10.5. The largest absolute Gasteiger partial charge is 0.390 e. The van der Waals surface area contributed by atoms with Crippen molar-refractivity contribution < 1.29 is 19.0 Å². The molecule has 0 bridgehead atoms. The minimum atomic E-state index is -0.777. The molecule has 1 amide bonds. The number of carbonyl (C=O) groups excluding carboxylic acids is 1. The van der Waals surface area contributed by atoms with Gasteiger partial charge in [-0.15, -0.1) is 0 Å². The monoisotopic (exact) mass is 418 g/mol. The van der Waals surface area contributed by atoms with Crippen LogP contribution in [0.1, 0.15) is 35.7 Å². The van der Waals surface area contributed by atoms with Crippen LogP contribution in [0, 0.1) is 5.82 Å². The van der Waals surface area contributed by atoms with Crippen LogP contribution in [0.2, 0.25) is 0 Å². The van der Waals surface area contributed by atoms with Crippen molar-refractivity contribution in [3.05, 3.63) is 83.4 Å². The number of anilines is 1. The number of halogens is 1. The highest BCUT2D eigenvalue weighted by Gasteiger charge is 2.47. The van der Waals surface area contributed by atoms with E-state index in [9.17, 15) is 14.3 Å². The Kier molecular flexibility index (Phi) is 5.04. The van der Waals surface area contributed by atoms with Crippen molar-refractivity contribution in [3.63, 3.8) is 0 Å². The maximum absolute atomic E-state index is 13.1. The number of carbonyl (C=O) groups is 1. The molecule has 3 aromatic rings. The topological polar surface area (TPSA) is 71.5 Å². The van der Waals surface area contributed by atoms with E-state index in [4.69, 9.17) is 4.74 Å². The van der Waals surface area contributed by atoms with Gasteiger partial charge in [0.25, 0.3) is 0 Å². The van der Waals surface area contributed by atoms with Crippen molar-refractivity contribution in [2.75, 3.05) is 18.5 Å². The standard InChI is InChI=1S/C25H23FN2O3/c26-19-7-9-20(10-8-19)27-24(30)25(14-31-15-25)18-5-3-16(4-6-18)21-11-12-22(17-1-2-17)28-23(21)13-29/h3-12,17,29H,1-2,13-15H2,(H,27,30). The second kappa shape index (κ2) is 7.87. The summed E-state index contributed by atoms with van der Waals surface area (Å²) in [7, 11) is 0. The first kappa shape index (κ1) is 19.8. The Morgan fingerprint density at radius 3 is 2.35 bits per heavy atom. The van der Waals surface area contributed by atoms with Crippen molar-refractivity contribution in [1.29, 1.82) is 0 Å². The highest BCUT2D eigenvalue weighted by atomic mass is 19.1. The van der Waals surface area contributed by atoms with Crippen molar-refractivity contribution in [2.24, 2.45) is 0 Å². The van der Waals surface area contributed by atoms with Gasteiger partial charge < -0.3 is 15.2 Å². The van der Waals surface area contributed by atoms with Crippen LogP contribution < -0.4 is 5.32 Å². The molecule has 31 heavy (non-hydrogen) atoms. The zero-order valence-corrected chi connectivity index (χ0v) is 17.0. The highest BCUT2D eigenvalue weighted by Crippen LogP contribution is 2.40. The van der Waals surface area contributed by atoms with Gasteiger partial charge in [-0.25, -0.2) is 4.39 Å². The lowest BCUT2D eigenvalue weighted by Crippen LogP contribution is -2.55. The van der Waals surface area contributed by atoms with Crippen LogP contribution in [-0.4, -0.2) is 29.2 Å². The lowest BCUT2D eigenvalue weighted by atomic mass is 9.77. The Labute approximate surface area is 179 Å². The zero-order chi connectivity index (χ0) is 21.4. The number of aliphatic hydroxyl groups excluding tert-OH is 1. The van der Waals surface area contributed by atoms with Gasteiger partial charge in [0.05, 0.1) is 25.5 Å². The summed E-state index contributed by atoms with van der Waals surface area (Å²) in [5, 5.41) is 12.7. The molecule has 1 aliphatic heterocycles. The van der Waals surface area contributed by atoms with Crippen molar-refractivity contribution in [2.45, 2.75) is 30.8 Å². The first-order chi connectivity index (χ1) is 15.1. The quantitative estimate of drug-likeness (QED) is 0.631. The van der Waals surface area contributed by atoms with Crippen molar-refractivity contribution in [3.8, 4) is 11.1 Å². The van der Waals surface area contributed by atoms with Crippen LogP contribution in [0.5, 0.6) is 0 Å². The lowest BCUT2D eigenvalue weighted by Gasteiger charge is -2.40. The summed E-state index contributed by atoms with van der Waals surface area (Å²) in [6, 6.07) is 17.5. The molecule has 5 rings (SSSR count). The molecule has 0 unspecified atom stereocenters. The predicted molar refractivity (Wildman–Crippen MR) is 115 cm³/mol. The summed E-state index contributed by atoms with van der Waals surface area (Å²) in [6.45, 7) is 0.466. The number of rotatable bonds is 6. The van der Waals surface area contributed by atoms with Crippen LogP contribution in [0.25, 0.3) is 11.1 Å². The van der Waals surface area contributed by atoms with E-state index >= 15 is 0 Å². The van der Waals surface area contributed by atoms with Gasteiger partial charge in [-0.2, -0.15) is 0 Å². The molecule has 0 atom stereocenters. The highest BCUT2D eigenvalue weighted by molar-refractivity contribution is 6.00. The van der Waals surface area contributed by atoms with Gasteiger partial charge in [0.2, 0.25) is 5.91 Å². The van der Waals surface area contributed by atoms with Gasteiger partial charge in [-0.1, -0.05) is 30.3 Å². The molecular formula is C25H23FN2O3. The van der Waals surface area contributed by atoms with Gasteiger partial charge >= 0.3 is 0 Å². The lowest BCUT2D eigenvalue weighted by molar-refractivity contribution is -0.139. The van der Waals surface area contributed by atoms with Gasteiger partial charge in [-0.3, -0.25) is 9.78 Å². The number of ether oxygens (including phenoxy) is 1. The van der Waals surface area contributed by atoms with Gasteiger partial charge in [-0.05, 0) is 54.3 Å². The second-order valence-electron chi connectivity index (χ2n) is 8.28. The number of aromatic nitrogens is 1. The molecule has 6 heteroatoms. The van der Waals surface area contributed by atoms with E-state index in [2.05, 4.69) is 10.3 Å². The molecule has 2 fully saturated rings. The predicted octanol–water partition coefficient (Wildman–Crippen LogP) is 4.16. The molecule has 1 aliphatic carbocycles. The summed E-state index contributed by atoms with van der Waals surface area (Å²) < 4.78 is 18.5. The summed E-state index contributed by atoms with van der Waals surface area (Å²) in [5.74, 6) is 0.00149. The fraction of sp³-hybridized carbons (Fsp3) is 0.280. The third-order valence-corrected chi connectivity index (χ3v) is 6.12. The summed E-state index contributed by atoms with van der Waals surface area (Å²) in [4.78, 5) is 17.7. The molecule has 158 valence electrons. The zero-order valence-electron chi connectivity index (χ0n) is 17.0. The van der Waals surface area contributed by atoms with Crippen LogP contribution >= 0.6 is 0 Å². The Morgan fingerprint density at radius 2 is 1.77 bits per heavy atom. The van der Waals surface area contributed by atoms with Crippen molar-refractivity contribution in [1.82, 2.24) is 4.98 Å².